The number of amides is 12. The molecule has 0 unspecified atom stereocenters. The molecule has 4 heterocycles. The van der Waals surface area contributed by atoms with Gasteiger partial charge in [-0.25, -0.2) is 0 Å². The lowest BCUT2D eigenvalue weighted by Crippen LogP contribution is -2.65. The molecule has 4 N–H and O–H groups in total. The van der Waals surface area contributed by atoms with Crippen molar-refractivity contribution in [3.63, 3.8) is 0 Å². The molecule has 25 nitrogen and oxygen atoms in total. The summed E-state index contributed by atoms with van der Waals surface area (Å²) < 4.78 is 88.8. The molecule has 12 amide bonds. The summed E-state index contributed by atoms with van der Waals surface area (Å²) in [4.78, 5) is 189. The number of fused-ring (bicyclic) bond motifs is 2. The summed E-state index contributed by atoms with van der Waals surface area (Å²) in [5.74, 6) is -10.5. The largest absolute Gasteiger partial charge is 0.417 e. The molecule has 2 aromatic rings. The number of ether oxygens (including phenoxy) is 1. The van der Waals surface area contributed by atoms with E-state index >= 15 is 24.0 Å². The normalized spacial score (nSPS) is 26.3. The molecule has 7 rings (SSSR count). The highest BCUT2D eigenvalue weighted by atomic mass is 35.5. The van der Waals surface area contributed by atoms with Gasteiger partial charge in [-0.2, -0.15) is 26.3 Å². The first-order chi connectivity index (χ1) is 49.3. The summed E-state index contributed by atoms with van der Waals surface area (Å²) in [5, 5.41) is 10.5. The van der Waals surface area contributed by atoms with E-state index in [0.717, 1.165) is 57.2 Å². The fourth-order valence-electron chi connectivity index (χ4n) is 14.5. The van der Waals surface area contributed by atoms with Crippen LogP contribution in [-0.4, -0.2) is 251 Å². The Morgan fingerprint density at radius 3 is 1.82 bits per heavy atom. The Morgan fingerprint density at radius 1 is 0.629 bits per heavy atom. The van der Waals surface area contributed by atoms with Crippen molar-refractivity contribution >= 4 is 82.5 Å². The zero-order valence-corrected chi connectivity index (χ0v) is 62.8. The molecule has 105 heavy (non-hydrogen) atoms. The Hall–Kier alpha value is -8.09. The smallest absolute Gasteiger partial charge is 0.378 e. The van der Waals surface area contributed by atoms with Crippen molar-refractivity contribution in [3.05, 3.63) is 69.7 Å². The number of likely N-dealkylation sites (N-methyl/N-ethyl adjacent to an activating group) is 5. The number of nitrogens with one attached hydrogen (secondary N) is 4. The van der Waals surface area contributed by atoms with Crippen molar-refractivity contribution in [1.82, 2.24) is 60.5 Å². The van der Waals surface area contributed by atoms with Crippen LogP contribution in [0.25, 0.3) is 0 Å². The van der Waals surface area contributed by atoms with E-state index in [-0.39, 0.29) is 108 Å². The first-order valence-corrected chi connectivity index (χ1v) is 36.7. The van der Waals surface area contributed by atoms with E-state index in [1.54, 1.807) is 27.7 Å². The van der Waals surface area contributed by atoms with E-state index in [2.05, 4.69) is 21.3 Å². The Bertz CT molecular complexity index is 3500. The van der Waals surface area contributed by atoms with Crippen LogP contribution in [-0.2, 0) is 87.5 Å². The third kappa shape index (κ3) is 20.3. The number of carbonyl (C=O) groups is 12. The summed E-state index contributed by atoms with van der Waals surface area (Å²) in [6.07, 6.45) is -8.53. The molecule has 32 heteroatoms. The predicted molar refractivity (Wildman–Crippen MR) is 374 cm³/mol. The first kappa shape index (κ1) is 84.2. The molecular formula is C73H103ClF6N12O13. The maximum absolute atomic E-state index is 15.5. The van der Waals surface area contributed by atoms with Crippen molar-refractivity contribution in [2.45, 2.75) is 217 Å². The van der Waals surface area contributed by atoms with Crippen LogP contribution in [0.4, 0.5) is 26.3 Å². The molecule has 0 radical (unpaired) electrons. The molecule has 582 valence electrons. The zero-order chi connectivity index (χ0) is 77.9. The SMILES string of the molecule is CC[C@H](C)[C@@H]1NC(=O)[C@H](CCC(C)C)N(C)C(=O)C[C@@H](C(=O)N2CCOCC2)N(C)C(=O)[C@H]([C@@H](C)CC)N(C)C(=O)C2(CCCC2)NC(=O)[C@@H]2CCCN2C(=O)[C@H](CCc2ccc(C(F)(F)F)c(Cl)c2)NC(=O)CN(C)C(=O)[C@H](Cc2ccc(C(F)(F)F)cc2)N(C)C(=O)[C@@H]2CCN2C(=O)[C@H](C)NC1=O. The van der Waals surface area contributed by atoms with Gasteiger partial charge >= 0.3 is 12.4 Å². The van der Waals surface area contributed by atoms with Gasteiger partial charge in [-0.1, -0.05) is 97.0 Å². The third-order valence-electron chi connectivity index (χ3n) is 21.6. The highest BCUT2D eigenvalue weighted by molar-refractivity contribution is 6.31. The van der Waals surface area contributed by atoms with Crippen molar-refractivity contribution in [3.8, 4) is 0 Å². The molecule has 1 spiro atoms. The van der Waals surface area contributed by atoms with Crippen LogP contribution in [0.5, 0.6) is 0 Å². The van der Waals surface area contributed by atoms with Gasteiger partial charge in [-0.05, 0) is 118 Å². The van der Waals surface area contributed by atoms with Crippen LogP contribution in [0.1, 0.15) is 154 Å². The minimum absolute atomic E-state index is 0.00224. The summed E-state index contributed by atoms with van der Waals surface area (Å²) in [7, 11) is 6.60. The molecule has 4 aliphatic heterocycles. The number of hydrogen-bond donors (Lipinski definition) is 4. The Balaban J connectivity index is 1.31. The maximum Gasteiger partial charge on any atom is 0.417 e. The van der Waals surface area contributed by atoms with Crippen molar-refractivity contribution in [2.24, 2.45) is 17.8 Å². The quantitative estimate of drug-likeness (QED) is 0.178. The number of carbonyl (C=O) groups excluding carboxylic acids is 12. The summed E-state index contributed by atoms with van der Waals surface area (Å²) in [6.45, 7) is 11.9. The summed E-state index contributed by atoms with van der Waals surface area (Å²) >= 11 is 6.13. The van der Waals surface area contributed by atoms with E-state index in [1.165, 1.54) is 66.7 Å². The van der Waals surface area contributed by atoms with Crippen molar-refractivity contribution in [1.29, 1.82) is 0 Å². The van der Waals surface area contributed by atoms with E-state index in [4.69, 9.17) is 16.3 Å². The van der Waals surface area contributed by atoms with Gasteiger partial charge in [0.15, 0.2) is 0 Å². The van der Waals surface area contributed by atoms with Gasteiger partial charge in [0, 0.05) is 67.8 Å². The second kappa shape index (κ2) is 36.0. The highest BCUT2D eigenvalue weighted by Crippen LogP contribution is 2.38. The van der Waals surface area contributed by atoms with Gasteiger partial charge in [-0.3, -0.25) is 57.5 Å². The topological polar surface area (TPSA) is 288 Å². The Labute approximate surface area is 614 Å². The molecule has 1 saturated carbocycles. The van der Waals surface area contributed by atoms with Crippen LogP contribution >= 0.6 is 11.6 Å². The fourth-order valence-corrected chi connectivity index (χ4v) is 14.8. The number of benzene rings is 2. The van der Waals surface area contributed by atoms with E-state index in [1.807, 2.05) is 13.8 Å². The summed E-state index contributed by atoms with van der Waals surface area (Å²) in [5.41, 5.74) is -3.43. The van der Waals surface area contributed by atoms with Crippen molar-refractivity contribution < 1.29 is 88.6 Å². The molecule has 0 aromatic heterocycles. The monoisotopic (exact) mass is 1500 g/mol. The standard InChI is InChI=1S/C73H103ClF6N12O13/c1-13-43(5)59-63(97)81-45(7)64(98)92-33-29-54(92)67(101)87(10)55(39-47-20-24-48(25-21-47)72(75,76)77)66(100)85(8)41-57(93)82-51(27-23-46-22-26-49(50(74)38-46)73(78,79)80)65(99)91-32-17-18-53(91)62(96)84-71(30-15-16-31-71)70(104)89(12)60(44(6)14-2)69(103)88(11)56(68(102)90-34-36-105-37-35-90)40-58(94)86(9)52(61(95)83-59)28-19-42(3)4/h20-22,24-26,38,42-45,51-56,59-60H,13-19,23,27-37,39-41H2,1-12H3,(H,81,97)(H,82,93)(H,83,95)(H,84,96)/t43-,44-,45-,51-,52-,53-,54-,55-,56-,59-,60-/m0/s1. The molecule has 4 saturated heterocycles. The average Bonchev–Trinajstić information content (AvgIpc) is 1.77. The van der Waals surface area contributed by atoms with E-state index in [9.17, 15) is 59.9 Å². The Morgan fingerprint density at radius 2 is 1.25 bits per heavy atom. The van der Waals surface area contributed by atoms with E-state index < -0.39 is 191 Å². The van der Waals surface area contributed by atoms with Gasteiger partial charge < -0.3 is 65.2 Å². The summed E-state index contributed by atoms with van der Waals surface area (Å²) in [6, 6.07) is -5.65. The molecule has 5 fully saturated rings. The number of halogens is 7. The second-order valence-corrected chi connectivity index (χ2v) is 29.7. The van der Waals surface area contributed by atoms with Gasteiger partial charge in [0.1, 0.15) is 59.9 Å². The van der Waals surface area contributed by atoms with Crippen LogP contribution in [0.3, 0.4) is 0 Å². The molecule has 2 aromatic carbocycles. The third-order valence-corrected chi connectivity index (χ3v) is 21.9. The minimum atomic E-state index is -4.82. The van der Waals surface area contributed by atoms with Gasteiger partial charge in [0.2, 0.25) is 70.9 Å². The number of morpholine rings is 1. The lowest BCUT2D eigenvalue weighted by molar-refractivity contribution is -0.157. The molecule has 5 aliphatic rings. The van der Waals surface area contributed by atoms with Crippen LogP contribution in [0, 0.1) is 17.8 Å². The lowest BCUT2D eigenvalue weighted by Gasteiger charge is -2.44. The number of aryl methyl sites for hydroxylation is 1. The molecule has 0 bridgehead atoms. The van der Waals surface area contributed by atoms with Crippen molar-refractivity contribution in [2.75, 3.05) is 81.2 Å². The average molecular weight is 1510 g/mol. The Kier molecular flexibility index (Phi) is 28.9. The lowest BCUT2D eigenvalue weighted by atomic mass is 9.90. The highest BCUT2D eigenvalue weighted by Gasteiger charge is 2.52. The van der Waals surface area contributed by atoms with Crippen LogP contribution in [0.2, 0.25) is 5.02 Å². The zero-order valence-electron chi connectivity index (χ0n) is 62.1. The first-order valence-electron chi connectivity index (χ1n) is 36.3. The van der Waals surface area contributed by atoms with E-state index in [0.29, 0.717) is 32.1 Å². The molecule has 1 aliphatic carbocycles. The molecule has 11 atom stereocenters. The number of hydrogen-bond acceptors (Lipinski definition) is 13. The van der Waals surface area contributed by atoms with Gasteiger partial charge in [0.05, 0.1) is 42.3 Å². The maximum atomic E-state index is 15.5. The second-order valence-electron chi connectivity index (χ2n) is 29.3. The molecular weight excluding hydrogens is 1400 g/mol. The van der Waals surface area contributed by atoms with Gasteiger partial charge in [-0.15, -0.1) is 0 Å². The van der Waals surface area contributed by atoms with Gasteiger partial charge in [0.25, 0.3) is 0 Å². The fraction of sp³-hybridized carbons (Fsp3) is 0.671. The number of rotatable bonds is 13. The van der Waals surface area contributed by atoms with Crippen LogP contribution in [0.15, 0.2) is 42.5 Å². The number of alkyl halides is 6. The number of nitrogens with zero attached hydrogens (tertiary/aromatic N) is 8. The van der Waals surface area contributed by atoms with Crippen LogP contribution < -0.4 is 21.3 Å². The predicted octanol–water partition coefficient (Wildman–Crippen LogP) is 5.61. The minimum Gasteiger partial charge on any atom is -0.378 e.